The average Bonchev–Trinajstić information content (AvgIpc) is 3.07. The number of hydrogen-bond donors (Lipinski definition) is 1. The van der Waals surface area contributed by atoms with Gasteiger partial charge in [-0.2, -0.15) is 16.8 Å². The molecule has 0 saturated carbocycles. The molecule has 0 spiro atoms. The second kappa shape index (κ2) is 14.1. The van der Waals surface area contributed by atoms with Gasteiger partial charge in [-0.3, -0.25) is 8.37 Å². The maximum absolute atomic E-state index is 13.8. The molecule has 2 heterocycles. The first-order chi connectivity index (χ1) is 22.6. The van der Waals surface area contributed by atoms with Gasteiger partial charge in [-0.05, 0) is 97.5 Å². The minimum Gasteiger partial charge on any atom is -0.487 e. The zero-order valence-electron chi connectivity index (χ0n) is 25.1. The number of halogens is 2. The molecule has 2 aliphatic rings. The lowest BCUT2D eigenvalue weighted by Crippen LogP contribution is -2.49. The van der Waals surface area contributed by atoms with Crippen LogP contribution in [0.2, 0.25) is 0 Å². The van der Waals surface area contributed by atoms with Crippen LogP contribution in [0.15, 0.2) is 107 Å². The topological polar surface area (TPSA) is 117 Å². The zero-order chi connectivity index (χ0) is 33.0. The molecule has 0 bridgehead atoms. The summed E-state index contributed by atoms with van der Waals surface area (Å²) in [6, 6.07) is 23.7. The van der Waals surface area contributed by atoms with Crippen LogP contribution in [0.3, 0.4) is 0 Å². The summed E-state index contributed by atoms with van der Waals surface area (Å²) < 4.78 is 105. The van der Waals surface area contributed by atoms with Crippen molar-refractivity contribution in [3.05, 3.63) is 120 Å². The second-order valence-electron chi connectivity index (χ2n) is 11.4. The molecule has 248 valence electrons. The van der Waals surface area contributed by atoms with E-state index in [0.717, 1.165) is 0 Å². The first-order valence-corrected chi connectivity index (χ1v) is 18.0. The van der Waals surface area contributed by atoms with E-state index >= 15 is 0 Å². The molecule has 13 heteroatoms. The number of benzene rings is 4. The normalized spacial score (nSPS) is 19.0. The van der Waals surface area contributed by atoms with Crippen LogP contribution >= 0.6 is 0 Å². The van der Waals surface area contributed by atoms with Crippen LogP contribution < -0.4 is 14.8 Å². The molecule has 0 saturated heterocycles. The Labute approximate surface area is 272 Å². The number of fused-ring (bicyclic) bond motifs is 2. The van der Waals surface area contributed by atoms with Crippen molar-refractivity contribution in [1.82, 2.24) is 5.32 Å². The van der Waals surface area contributed by atoms with E-state index in [0.29, 0.717) is 48.3 Å². The molecule has 0 fully saturated rings. The summed E-state index contributed by atoms with van der Waals surface area (Å²) in [6.07, 6.45) is -2.04. The van der Waals surface area contributed by atoms with E-state index in [9.17, 15) is 25.6 Å². The SMILES string of the molecule is O=S(=O)(O[C@H](CNC[C@@H](OS(=O)(=O)c1ccccc1)[C@H]1CCc2cc(F)ccc2O1)[C@@H]1CCc2cc(F)ccc2O1)c1ccccc1. The molecule has 2 aliphatic heterocycles. The van der Waals surface area contributed by atoms with Crippen LogP contribution in [0, 0.1) is 11.6 Å². The van der Waals surface area contributed by atoms with E-state index in [-0.39, 0.29) is 22.9 Å². The molecule has 9 nitrogen and oxygen atoms in total. The first kappa shape index (κ1) is 33.0. The van der Waals surface area contributed by atoms with Crippen molar-refractivity contribution in [1.29, 1.82) is 0 Å². The van der Waals surface area contributed by atoms with Crippen molar-refractivity contribution >= 4 is 20.2 Å². The second-order valence-corrected chi connectivity index (χ2v) is 14.5. The monoisotopic (exact) mass is 685 g/mol. The third-order valence-electron chi connectivity index (χ3n) is 8.08. The number of aryl methyl sites for hydroxylation is 2. The molecule has 0 unspecified atom stereocenters. The molecule has 47 heavy (non-hydrogen) atoms. The van der Waals surface area contributed by atoms with E-state index < -0.39 is 56.3 Å². The van der Waals surface area contributed by atoms with Gasteiger partial charge >= 0.3 is 0 Å². The Morgan fingerprint density at radius 1 is 0.638 bits per heavy atom. The summed E-state index contributed by atoms with van der Waals surface area (Å²) in [5.74, 6) is 0.0469. The van der Waals surface area contributed by atoms with E-state index in [1.807, 2.05) is 0 Å². The van der Waals surface area contributed by atoms with E-state index in [1.165, 1.54) is 60.7 Å². The largest absolute Gasteiger partial charge is 0.487 e. The lowest BCUT2D eigenvalue weighted by molar-refractivity contribution is 0.0293. The molecule has 4 aromatic carbocycles. The van der Waals surface area contributed by atoms with Gasteiger partial charge in [-0.1, -0.05) is 36.4 Å². The van der Waals surface area contributed by atoms with Crippen LogP contribution in [0.1, 0.15) is 24.0 Å². The number of nitrogens with one attached hydrogen (secondary N) is 1. The highest BCUT2D eigenvalue weighted by atomic mass is 32.2. The summed E-state index contributed by atoms with van der Waals surface area (Å²) in [6.45, 7) is -0.153. The predicted molar refractivity (Wildman–Crippen MR) is 168 cm³/mol. The third-order valence-corrected chi connectivity index (χ3v) is 10.8. The smallest absolute Gasteiger partial charge is 0.297 e. The molecule has 0 amide bonds. The molecule has 6 rings (SSSR count). The third kappa shape index (κ3) is 7.99. The molecule has 0 aliphatic carbocycles. The van der Waals surface area contributed by atoms with Gasteiger partial charge in [-0.15, -0.1) is 0 Å². The van der Waals surface area contributed by atoms with Gasteiger partial charge in [-0.25, -0.2) is 8.78 Å². The van der Waals surface area contributed by atoms with E-state index in [1.54, 1.807) is 36.4 Å². The summed E-state index contributed by atoms with van der Waals surface area (Å²) in [5.41, 5.74) is 1.32. The highest BCUT2D eigenvalue weighted by Gasteiger charge is 2.36. The van der Waals surface area contributed by atoms with Gasteiger partial charge in [0.1, 0.15) is 47.5 Å². The lowest BCUT2D eigenvalue weighted by atomic mass is 9.98. The maximum Gasteiger partial charge on any atom is 0.297 e. The Hall–Kier alpha value is -3.88. The van der Waals surface area contributed by atoms with Gasteiger partial charge in [0.15, 0.2) is 0 Å². The first-order valence-electron chi connectivity index (χ1n) is 15.1. The summed E-state index contributed by atoms with van der Waals surface area (Å²) in [7, 11) is -8.46. The number of hydrogen-bond acceptors (Lipinski definition) is 9. The fraction of sp³-hybridized carbons (Fsp3) is 0.294. The van der Waals surface area contributed by atoms with Crippen molar-refractivity contribution in [2.24, 2.45) is 0 Å². The summed E-state index contributed by atoms with van der Waals surface area (Å²) in [4.78, 5) is -0.0756. The van der Waals surface area contributed by atoms with Gasteiger partial charge in [0.2, 0.25) is 0 Å². The molecular weight excluding hydrogens is 653 g/mol. The average molecular weight is 686 g/mol. The number of rotatable bonds is 12. The Kier molecular flexibility index (Phi) is 9.90. The fourth-order valence-electron chi connectivity index (χ4n) is 5.71. The Balaban J connectivity index is 1.23. The van der Waals surface area contributed by atoms with E-state index in [2.05, 4.69) is 5.32 Å². The Morgan fingerprint density at radius 3 is 1.45 bits per heavy atom. The highest BCUT2D eigenvalue weighted by molar-refractivity contribution is 7.87. The predicted octanol–water partition coefficient (Wildman–Crippen LogP) is 5.19. The van der Waals surface area contributed by atoms with Crippen LogP contribution in [-0.2, 0) is 41.4 Å². The van der Waals surface area contributed by atoms with Crippen molar-refractivity contribution in [2.75, 3.05) is 13.1 Å². The van der Waals surface area contributed by atoms with Crippen LogP contribution in [0.5, 0.6) is 11.5 Å². The lowest BCUT2D eigenvalue weighted by Gasteiger charge is -2.34. The zero-order valence-corrected chi connectivity index (χ0v) is 26.8. The molecule has 4 aromatic rings. The van der Waals surface area contributed by atoms with Crippen molar-refractivity contribution in [2.45, 2.75) is 59.9 Å². The van der Waals surface area contributed by atoms with Gasteiger partial charge < -0.3 is 14.8 Å². The molecule has 0 aromatic heterocycles. The quantitative estimate of drug-likeness (QED) is 0.201. The van der Waals surface area contributed by atoms with Gasteiger partial charge in [0, 0.05) is 13.1 Å². The fourth-order valence-corrected chi connectivity index (χ4v) is 7.95. The minimum atomic E-state index is -4.23. The van der Waals surface area contributed by atoms with Crippen LogP contribution in [-0.4, -0.2) is 54.3 Å². The minimum absolute atomic E-state index is 0.0378. The Bertz CT molecular complexity index is 1770. The van der Waals surface area contributed by atoms with Gasteiger partial charge in [0.25, 0.3) is 20.2 Å². The van der Waals surface area contributed by atoms with E-state index in [4.69, 9.17) is 17.8 Å². The maximum atomic E-state index is 13.8. The van der Waals surface area contributed by atoms with Gasteiger partial charge in [0.05, 0.1) is 9.79 Å². The summed E-state index contributed by atoms with van der Waals surface area (Å²) >= 11 is 0. The Morgan fingerprint density at radius 2 is 1.04 bits per heavy atom. The van der Waals surface area contributed by atoms with Crippen LogP contribution in [0.4, 0.5) is 8.78 Å². The van der Waals surface area contributed by atoms with Crippen LogP contribution in [0.25, 0.3) is 0 Å². The molecule has 4 atom stereocenters. The highest BCUT2D eigenvalue weighted by Crippen LogP contribution is 2.32. The number of ether oxygens (including phenoxy) is 2. The van der Waals surface area contributed by atoms with Crippen molar-refractivity contribution in [3.63, 3.8) is 0 Å². The van der Waals surface area contributed by atoms with Crippen molar-refractivity contribution in [3.8, 4) is 11.5 Å². The molecular formula is C34H33F2NO8S2. The summed E-state index contributed by atoms with van der Waals surface area (Å²) in [5, 5.41) is 3.14. The standard InChI is InChI=1S/C34H33F2NO8S2/c35-25-13-17-29-23(19-25)11-15-31(42-29)33(44-46(38,39)27-7-3-1-4-8-27)21-37-22-34(45-47(40,41)28-9-5-2-6-10-28)32-16-12-24-20-26(36)14-18-30(24)43-32/h1-10,13-14,17-20,31-34,37H,11-12,15-16,21-22H2/t31-,32+,33-,34-/m1/s1. The molecule has 0 radical (unpaired) electrons. The molecule has 1 N–H and O–H groups in total. The van der Waals surface area contributed by atoms with Crippen molar-refractivity contribution < 1.29 is 43.5 Å².